The highest BCUT2D eigenvalue weighted by molar-refractivity contribution is 6.22. The molecule has 0 radical (unpaired) electrons. The first-order valence-electron chi connectivity index (χ1n) is 11.0. The van der Waals surface area contributed by atoms with Crippen LogP contribution in [0.5, 0.6) is 11.5 Å². The largest absolute Gasteiger partial charge is 0.457 e. The third-order valence-electron chi connectivity index (χ3n) is 6.14. The minimum atomic E-state index is -0.486. The van der Waals surface area contributed by atoms with E-state index in [0.717, 1.165) is 0 Å². The van der Waals surface area contributed by atoms with E-state index in [4.69, 9.17) is 4.74 Å². The molecule has 168 valence electrons. The number of amides is 2. The van der Waals surface area contributed by atoms with Crippen molar-refractivity contribution in [3.8, 4) is 11.5 Å². The summed E-state index contributed by atoms with van der Waals surface area (Å²) in [5, 5.41) is 0. The second-order valence-electron chi connectivity index (χ2n) is 8.17. The summed E-state index contributed by atoms with van der Waals surface area (Å²) in [5.74, 6) is 0.677. The molecular formula is C26H24FN3O3. The third-order valence-corrected chi connectivity index (χ3v) is 6.14. The Kier molecular flexibility index (Phi) is 5.79. The summed E-state index contributed by atoms with van der Waals surface area (Å²) in [6.45, 7) is 2.39. The van der Waals surface area contributed by atoms with Gasteiger partial charge in [0.15, 0.2) is 0 Å². The van der Waals surface area contributed by atoms with Crippen molar-refractivity contribution in [1.82, 2.24) is 4.90 Å². The van der Waals surface area contributed by atoms with Gasteiger partial charge in [-0.15, -0.1) is 0 Å². The molecule has 6 nitrogen and oxygen atoms in total. The predicted molar refractivity (Wildman–Crippen MR) is 124 cm³/mol. The second-order valence-corrected chi connectivity index (χ2v) is 8.17. The van der Waals surface area contributed by atoms with Crippen LogP contribution < -0.4 is 14.5 Å². The summed E-state index contributed by atoms with van der Waals surface area (Å²) in [5.41, 5.74) is 1.11. The Bertz CT molecular complexity index is 1140. The number of piperazine rings is 1. The molecule has 0 spiro atoms. The fraction of sp³-hybridized carbons (Fsp3) is 0.231. The van der Waals surface area contributed by atoms with Crippen molar-refractivity contribution in [2.75, 3.05) is 36.0 Å². The number of hydrogen-bond donors (Lipinski definition) is 0. The Morgan fingerprint density at radius 2 is 1.39 bits per heavy atom. The van der Waals surface area contributed by atoms with Gasteiger partial charge in [0.1, 0.15) is 17.3 Å². The average Bonchev–Trinajstić information content (AvgIpc) is 3.14. The molecule has 5 rings (SSSR count). The van der Waals surface area contributed by atoms with Crippen LogP contribution in [0, 0.1) is 5.82 Å². The molecule has 2 aliphatic rings. The number of rotatable bonds is 5. The number of carbonyl (C=O) groups is 2. The van der Waals surface area contributed by atoms with E-state index in [2.05, 4.69) is 0 Å². The molecule has 0 bridgehead atoms. The number of benzene rings is 3. The topological polar surface area (TPSA) is 53.1 Å². The van der Waals surface area contributed by atoms with Gasteiger partial charge in [0.05, 0.1) is 23.8 Å². The van der Waals surface area contributed by atoms with Crippen molar-refractivity contribution in [2.45, 2.75) is 12.5 Å². The molecule has 2 amide bonds. The minimum absolute atomic E-state index is 0.154. The van der Waals surface area contributed by atoms with Gasteiger partial charge in [-0.05, 0) is 48.5 Å². The van der Waals surface area contributed by atoms with E-state index in [-0.39, 0.29) is 24.1 Å². The maximum absolute atomic E-state index is 14.1. The van der Waals surface area contributed by atoms with Gasteiger partial charge < -0.3 is 9.64 Å². The summed E-state index contributed by atoms with van der Waals surface area (Å²) in [6.07, 6.45) is 0.154. The van der Waals surface area contributed by atoms with Crippen molar-refractivity contribution in [3.05, 3.63) is 84.7 Å². The van der Waals surface area contributed by atoms with Gasteiger partial charge in [0, 0.05) is 26.2 Å². The third kappa shape index (κ3) is 4.32. The highest BCUT2D eigenvalue weighted by Gasteiger charge is 2.43. The van der Waals surface area contributed by atoms with Crippen molar-refractivity contribution >= 4 is 23.2 Å². The van der Waals surface area contributed by atoms with Gasteiger partial charge in [0.2, 0.25) is 5.91 Å². The summed E-state index contributed by atoms with van der Waals surface area (Å²) in [6, 6.07) is 22.6. The lowest BCUT2D eigenvalue weighted by atomic mass is 10.1. The van der Waals surface area contributed by atoms with Gasteiger partial charge in [-0.2, -0.15) is 0 Å². The molecule has 0 unspecified atom stereocenters. The summed E-state index contributed by atoms with van der Waals surface area (Å²) < 4.78 is 19.9. The number of halogens is 1. The standard InChI is InChI=1S/C26H24FN3O3/c27-22-8-4-5-9-23(22)28-14-16-29(17-15-28)24-18-25(31)30(26(24)32)19-10-12-21(13-11-19)33-20-6-2-1-3-7-20/h1-13,24H,14-18H2/t24-/m1/s1. The number of ether oxygens (including phenoxy) is 1. The number of anilines is 2. The molecule has 2 aliphatic heterocycles. The van der Waals surface area contributed by atoms with Crippen LogP contribution in [0.2, 0.25) is 0 Å². The highest BCUT2D eigenvalue weighted by atomic mass is 19.1. The van der Waals surface area contributed by atoms with Crippen LogP contribution in [0.4, 0.5) is 15.8 Å². The lowest BCUT2D eigenvalue weighted by Crippen LogP contribution is -2.52. The number of nitrogens with zero attached hydrogens (tertiary/aromatic N) is 3. The summed E-state index contributed by atoms with van der Waals surface area (Å²) >= 11 is 0. The molecule has 2 fully saturated rings. The second kappa shape index (κ2) is 9.03. The van der Waals surface area contributed by atoms with Crippen LogP contribution in [-0.2, 0) is 9.59 Å². The van der Waals surface area contributed by atoms with E-state index in [0.29, 0.717) is 49.1 Å². The van der Waals surface area contributed by atoms with E-state index in [1.165, 1.54) is 11.0 Å². The number of para-hydroxylation sites is 2. The smallest absolute Gasteiger partial charge is 0.251 e. The Balaban J connectivity index is 1.24. The molecule has 33 heavy (non-hydrogen) atoms. The van der Waals surface area contributed by atoms with E-state index in [1.807, 2.05) is 46.2 Å². The first kappa shape index (κ1) is 21.2. The SMILES string of the molecule is O=C1C[C@@H](N2CCN(c3ccccc3F)CC2)C(=O)N1c1ccc(Oc2ccccc2)cc1. The number of carbonyl (C=O) groups excluding carboxylic acids is 2. The lowest BCUT2D eigenvalue weighted by Gasteiger charge is -2.38. The normalized spacial score (nSPS) is 19.2. The first-order chi connectivity index (χ1) is 16.1. The van der Waals surface area contributed by atoms with Crippen molar-refractivity contribution in [1.29, 1.82) is 0 Å². The number of hydrogen-bond acceptors (Lipinski definition) is 5. The Hall–Kier alpha value is -3.71. The average molecular weight is 445 g/mol. The minimum Gasteiger partial charge on any atom is -0.457 e. The molecule has 1 atom stereocenters. The molecule has 2 heterocycles. The fourth-order valence-corrected chi connectivity index (χ4v) is 4.44. The monoisotopic (exact) mass is 445 g/mol. The van der Waals surface area contributed by atoms with Crippen molar-refractivity contribution < 1.29 is 18.7 Å². The van der Waals surface area contributed by atoms with Gasteiger partial charge >= 0.3 is 0 Å². The van der Waals surface area contributed by atoms with E-state index in [9.17, 15) is 14.0 Å². The Labute approximate surface area is 191 Å². The molecule has 3 aromatic rings. The van der Waals surface area contributed by atoms with Crippen LogP contribution in [0.15, 0.2) is 78.9 Å². The van der Waals surface area contributed by atoms with Crippen LogP contribution in [0.3, 0.4) is 0 Å². The van der Waals surface area contributed by atoms with E-state index >= 15 is 0 Å². The molecule has 3 aromatic carbocycles. The zero-order chi connectivity index (χ0) is 22.8. The fourth-order valence-electron chi connectivity index (χ4n) is 4.44. The van der Waals surface area contributed by atoms with Gasteiger partial charge in [0.25, 0.3) is 5.91 Å². The highest BCUT2D eigenvalue weighted by Crippen LogP contribution is 2.30. The van der Waals surface area contributed by atoms with E-state index < -0.39 is 6.04 Å². The van der Waals surface area contributed by atoms with Gasteiger partial charge in [-0.25, -0.2) is 9.29 Å². The molecule has 0 saturated carbocycles. The first-order valence-corrected chi connectivity index (χ1v) is 11.0. The van der Waals surface area contributed by atoms with Gasteiger partial charge in [-0.1, -0.05) is 30.3 Å². The van der Waals surface area contributed by atoms with Crippen molar-refractivity contribution in [3.63, 3.8) is 0 Å². The quantitative estimate of drug-likeness (QED) is 0.554. The molecule has 0 aromatic heterocycles. The van der Waals surface area contributed by atoms with Crippen LogP contribution in [-0.4, -0.2) is 48.9 Å². The maximum Gasteiger partial charge on any atom is 0.251 e. The summed E-state index contributed by atoms with van der Waals surface area (Å²) in [4.78, 5) is 31.2. The van der Waals surface area contributed by atoms with Crippen LogP contribution in [0.25, 0.3) is 0 Å². The number of imide groups is 1. The van der Waals surface area contributed by atoms with Crippen LogP contribution in [0.1, 0.15) is 6.42 Å². The maximum atomic E-state index is 14.1. The predicted octanol–water partition coefficient (Wildman–Crippen LogP) is 4.07. The zero-order valence-corrected chi connectivity index (χ0v) is 18.1. The molecule has 2 saturated heterocycles. The zero-order valence-electron chi connectivity index (χ0n) is 18.1. The van der Waals surface area contributed by atoms with Gasteiger partial charge in [-0.3, -0.25) is 14.5 Å². The Morgan fingerprint density at radius 1 is 0.758 bits per heavy atom. The molecule has 0 N–H and O–H groups in total. The van der Waals surface area contributed by atoms with Crippen LogP contribution >= 0.6 is 0 Å². The van der Waals surface area contributed by atoms with Crippen molar-refractivity contribution in [2.24, 2.45) is 0 Å². The molecular weight excluding hydrogens is 421 g/mol. The molecule has 7 heteroatoms. The van der Waals surface area contributed by atoms with E-state index in [1.54, 1.807) is 36.4 Å². The Morgan fingerprint density at radius 3 is 2.09 bits per heavy atom. The molecule has 0 aliphatic carbocycles. The lowest BCUT2D eigenvalue weighted by molar-refractivity contribution is -0.123. The summed E-state index contributed by atoms with van der Waals surface area (Å²) in [7, 11) is 0.